The minimum Gasteiger partial charge on any atom is -0.496 e. The van der Waals surface area contributed by atoms with Crippen molar-refractivity contribution in [3.8, 4) is 17.2 Å². The van der Waals surface area contributed by atoms with Gasteiger partial charge in [0.25, 0.3) is 5.91 Å². The first-order valence-electron chi connectivity index (χ1n) is 9.51. The van der Waals surface area contributed by atoms with E-state index in [-0.39, 0.29) is 5.91 Å². The van der Waals surface area contributed by atoms with E-state index in [0.29, 0.717) is 28.9 Å². The van der Waals surface area contributed by atoms with Gasteiger partial charge >= 0.3 is 0 Å². The number of rotatable bonds is 5. The van der Waals surface area contributed by atoms with Gasteiger partial charge in [0.1, 0.15) is 5.75 Å². The smallest absolute Gasteiger partial charge is 0.257 e. The van der Waals surface area contributed by atoms with Gasteiger partial charge in [-0.2, -0.15) is 0 Å². The van der Waals surface area contributed by atoms with E-state index in [1.807, 2.05) is 4.90 Å². The van der Waals surface area contributed by atoms with Crippen molar-refractivity contribution in [2.75, 3.05) is 47.5 Å². The van der Waals surface area contributed by atoms with Gasteiger partial charge in [-0.15, -0.1) is 0 Å². The highest BCUT2D eigenvalue weighted by Gasteiger charge is 2.29. The van der Waals surface area contributed by atoms with Crippen LogP contribution in [0.4, 0.5) is 0 Å². The Morgan fingerprint density at radius 2 is 1.42 bits per heavy atom. The van der Waals surface area contributed by atoms with Crippen LogP contribution in [0.15, 0.2) is 12.1 Å². The molecule has 26 heavy (non-hydrogen) atoms. The van der Waals surface area contributed by atoms with E-state index >= 15 is 0 Å². The number of carbonyl (C=O) groups excluding carboxylic acids is 1. The van der Waals surface area contributed by atoms with Crippen LogP contribution in [-0.4, -0.2) is 69.3 Å². The number of carbonyl (C=O) groups is 1. The molecule has 0 N–H and O–H groups in total. The van der Waals surface area contributed by atoms with Crippen LogP contribution in [0.5, 0.6) is 17.2 Å². The monoisotopic (exact) mass is 362 g/mol. The second-order valence-corrected chi connectivity index (χ2v) is 7.03. The summed E-state index contributed by atoms with van der Waals surface area (Å²) in [6.07, 6.45) is 6.66. The van der Waals surface area contributed by atoms with Gasteiger partial charge in [-0.05, 0) is 12.8 Å². The lowest BCUT2D eigenvalue weighted by Gasteiger charge is -2.40. The highest BCUT2D eigenvalue weighted by Crippen LogP contribution is 2.35. The number of amides is 1. The third-order valence-electron chi connectivity index (χ3n) is 5.63. The van der Waals surface area contributed by atoms with E-state index in [1.54, 1.807) is 33.5 Å². The summed E-state index contributed by atoms with van der Waals surface area (Å²) in [6, 6.07) is 4.13. The number of hydrogen-bond donors (Lipinski definition) is 0. The molecule has 1 amide bonds. The lowest BCUT2D eigenvalue weighted by molar-refractivity contribution is 0.0520. The fourth-order valence-electron chi connectivity index (χ4n) is 4.10. The van der Waals surface area contributed by atoms with Gasteiger partial charge in [-0.25, -0.2) is 0 Å². The summed E-state index contributed by atoms with van der Waals surface area (Å²) < 4.78 is 16.1. The molecule has 1 aromatic carbocycles. The minimum atomic E-state index is -0.00824. The van der Waals surface area contributed by atoms with E-state index in [0.717, 1.165) is 26.2 Å². The van der Waals surface area contributed by atoms with Gasteiger partial charge in [-0.1, -0.05) is 19.3 Å². The van der Waals surface area contributed by atoms with E-state index < -0.39 is 0 Å². The van der Waals surface area contributed by atoms with Crippen LogP contribution < -0.4 is 14.2 Å². The largest absolute Gasteiger partial charge is 0.496 e. The maximum Gasteiger partial charge on any atom is 0.257 e. The standard InChI is InChI=1S/C20H30N2O4/c1-24-17-14-19(26-3)18(25-2)13-16(17)20(23)22-11-9-21(10-12-22)15-7-5-4-6-8-15/h13-15H,4-12H2,1-3H3. The Kier molecular flexibility index (Phi) is 6.25. The summed E-state index contributed by atoms with van der Waals surface area (Å²) >= 11 is 0. The number of methoxy groups -OCH3 is 3. The van der Waals surface area contributed by atoms with Crippen molar-refractivity contribution in [3.63, 3.8) is 0 Å². The average Bonchev–Trinajstić information content (AvgIpc) is 2.72. The first kappa shape index (κ1) is 18.8. The summed E-state index contributed by atoms with van der Waals surface area (Å²) in [6.45, 7) is 3.41. The Morgan fingerprint density at radius 3 is 2.00 bits per heavy atom. The second-order valence-electron chi connectivity index (χ2n) is 7.03. The summed E-state index contributed by atoms with van der Waals surface area (Å²) in [5.41, 5.74) is 0.524. The first-order chi connectivity index (χ1) is 12.7. The van der Waals surface area contributed by atoms with E-state index in [2.05, 4.69) is 4.90 Å². The topological polar surface area (TPSA) is 51.2 Å². The Morgan fingerprint density at radius 1 is 0.846 bits per heavy atom. The third-order valence-corrected chi connectivity index (χ3v) is 5.63. The Hall–Kier alpha value is -1.95. The van der Waals surface area contributed by atoms with Crippen molar-refractivity contribution in [3.05, 3.63) is 17.7 Å². The van der Waals surface area contributed by atoms with Crippen molar-refractivity contribution in [2.24, 2.45) is 0 Å². The van der Waals surface area contributed by atoms with E-state index in [9.17, 15) is 4.79 Å². The predicted octanol–water partition coefficient (Wildman–Crippen LogP) is 2.80. The van der Waals surface area contributed by atoms with Gasteiger partial charge in [-0.3, -0.25) is 9.69 Å². The average molecular weight is 362 g/mol. The molecule has 6 nitrogen and oxygen atoms in total. The second kappa shape index (κ2) is 8.62. The van der Waals surface area contributed by atoms with Gasteiger partial charge in [0.15, 0.2) is 11.5 Å². The number of ether oxygens (including phenoxy) is 3. The summed E-state index contributed by atoms with van der Waals surface area (Å²) in [5, 5.41) is 0. The summed E-state index contributed by atoms with van der Waals surface area (Å²) in [7, 11) is 4.71. The van der Waals surface area contributed by atoms with Crippen molar-refractivity contribution in [1.29, 1.82) is 0 Å². The minimum absolute atomic E-state index is 0.00824. The molecule has 2 aliphatic rings. The molecule has 0 aromatic heterocycles. The van der Waals surface area contributed by atoms with Crippen LogP contribution in [0, 0.1) is 0 Å². The fraction of sp³-hybridized carbons (Fsp3) is 0.650. The number of nitrogens with zero attached hydrogens (tertiary/aromatic N) is 2. The zero-order valence-corrected chi connectivity index (χ0v) is 16.1. The molecule has 1 aliphatic heterocycles. The predicted molar refractivity (Wildman–Crippen MR) is 100 cm³/mol. The lowest BCUT2D eigenvalue weighted by atomic mass is 9.94. The fourth-order valence-corrected chi connectivity index (χ4v) is 4.10. The lowest BCUT2D eigenvalue weighted by Crippen LogP contribution is -2.52. The molecule has 0 atom stereocenters. The van der Waals surface area contributed by atoms with E-state index in [1.165, 1.54) is 32.1 Å². The molecule has 1 aromatic rings. The molecule has 1 saturated heterocycles. The Balaban J connectivity index is 1.70. The SMILES string of the molecule is COc1cc(OC)c(C(=O)N2CCN(C3CCCCC3)CC2)cc1OC. The van der Waals surface area contributed by atoms with Crippen molar-refractivity contribution < 1.29 is 19.0 Å². The maximum absolute atomic E-state index is 13.1. The zero-order chi connectivity index (χ0) is 18.5. The molecule has 1 saturated carbocycles. The Labute approximate surface area is 156 Å². The molecule has 0 spiro atoms. The highest BCUT2D eigenvalue weighted by molar-refractivity contribution is 5.98. The third kappa shape index (κ3) is 3.90. The maximum atomic E-state index is 13.1. The molecule has 0 unspecified atom stereocenters. The number of hydrogen-bond acceptors (Lipinski definition) is 5. The molecule has 0 bridgehead atoms. The number of piperazine rings is 1. The molecule has 144 valence electrons. The van der Waals surface area contributed by atoms with Crippen LogP contribution in [0.25, 0.3) is 0 Å². The molecule has 6 heteroatoms. The van der Waals surface area contributed by atoms with Gasteiger partial charge < -0.3 is 19.1 Å². The molecular weight excluding hydrogens is 332 g/mol. The molecular formula is C20H30N2O4. The first-order valence-corrected chi connectivity index (χ1v) is 9.51. The molecule has 1 aliphatic carbocycles. The van der Waals surface area contributed by atoms with E-state index in [4.69, 9.17) is 14.2 Å². The molecule has 0 radical (unpaired) electrons. The molecule has 2 fully saturated rings. The molecule has 1 heterocycles. The van der Waals surface area contributed by atoms with Crippen molar-refractivity contribution in [2.45, 2.75) is 38.1 Å². The number of benzene rings is 1. The zero-order valence-electron chi connectivity index (χ0n) is 16.1. The quantitative estimate of drug-likeness (QED) is 0.806. The van der Waals surface area contributed by atoms with Crippen molar-refractivity contribution in [1.82, 2.24) is 9.80 Å². The summed E-state index contributed by atoms with van der Waals surface area (Å²) in [5.74, 6) is 1.61. The summed E-state index contributed by atoms with van der Waals surface area (Å²) in [4.78, 5) is 17.5. The van der Waals surface area contributed by atoms with Crippen LogP contribution in [0.1, 0.15) is 42.5 Å². The van der Waals surface area contributed by atoms with Crippen LogP contribution in [0.2, 0.25) is 0 Å². The van der Waals surface area contributed by atoms with Crippen LogP contribution in [0.3, 0.4) is 0 Å². The highest BCUT2D eigenvalue weighted by atomic mass is 16.5. The molecule has 3 rings (SSSR count). The van der Waals surface area contributed by atoms with Gasteiger partial charge in [0.2, 0.25) is 0 Å². The Bertz CT molecular complexity index is 620. The van der Waals surface area contributed by atoms with Gasteiger partial charge in [0, 0.05) is 44.4 Å². The van der Waals surface area contributed by atoms with Crippen LogP contribution >= 0.6 is 0 Å². The van der Waals surface area contributed by atoms with Crippen molar-refractivity contribution >= 4 is 5.91 Å². The van der Waals surface area contributed by atoms with Crippen LogP contribution in [-0.2, 0) is 0 Å². The normalized spacial score (nSPS) is 19.3. The van der Waals surface area contributed by atoms with Gasteiger partial charge in [0.05, 0.1) is 26.9 Å².